The van der Waals surface area contributed by atoms with Gasteiger partial charge in [0.25, 0.3) is 0 Å². The maximum atomic E-state index is 2.48. The van der Waals surface area contributed by atoms with Crippen molar-refractivity contribution in [3.8, 4) is 50.3 Å². The minimum Gasteiger partial charge on any atom is -0.310 e. The van der Waals surface area contributed by atoms with E-state index in [4.69, 9.17) is 0 Å². The lowest BCUT2D eigenvalue weighted by molar-refractivity contribution is 0.660. The van der Waals surface area contributed by atoms with Gasteiger partial charge in [-0.1, -0.05) is 178 Å². The van der Waals surface area contributed by atoms with Gasteiger partial charge in [-0.2, -0.15) is 0 Å². The summed E-state index contributed by atoms with van der Waals surface area (Å²) in [7, 11) is 0. The zero-order chi connectivity index (χ0) is 39.5. The number of nitrogens with zero attached hydrogens (tertiary/aromatic N) is 2. The second-order valence-electron chi connectivity index (χ2n) is 16.1. The molecule has 0 radical (unpaired) electrons. The van der Waals surface area contributed by atoms with Gasteiger partial charge in [-0.3, -0.25) is 0 Å². The Bertz CT molecular complexity index is 3140. The Labute approximate surface area is 345 Å². The number of fused-ring (bicyclic) bond motifs is 6. The summed E-state index contributed by atoms with van der Waals surface area (Å²) in [6.45, 7) is 4.70. The second kappa shape index (κ2) is 13.9. The van der Waals surface area contributed by atoms with Crippen molar-refractivity contribution in [1.29, 1.82) is 0 Å². The maximum Gasteiger partial charge on any atom is 0.0620 e. The number of aromatic nitrogens is 1. The molecule has 0 N–H and O–H groups in total. The van der Waals surface area contributed by atoms with E-state index in [0.29, 0.717) is 0 Å². The highest BCUT2D eigenvalue weighted by Gasteiger charge is 2.35. The van der Waals surface area contributed by atoms with Gasteiger partial charge in [0.05, 0.1) is 11.2 Å². The lowest BCUT2D eigenvalue weighted by Crippen LogP contribution is -2.16. The molecule has 10 aromatic rings. The lowest BCUT2D eigenvalue weighted by Gasteiger charge is -2.28. The highest BCUT2D eigenvalue weighted by molar-refractivity contribution is 6.20. The molecule has 1 aliphatic rings. The molecule has 0 fully saturated rings. The van der Waals surface area contributed by atoms with E-state index in [1.807, 2.05) is 0 Å². The molecule has 0 aliphatic heterocycles. The van der Waals surface area contributed by atoms with E-state index in [9.17, 15) is 0 Å². The molecule has 0 amide bonds. The first kappa shape index (κ1) is 34.8. The van der Waals surface area contributed by atoms with Gasteiger partial charge in [0.2, 0.25) is 0 Å². The van der Waals surface area contributed by atoms with Crippen LogP contribution in [0.25, 0.3) is 72.0 Å². The second-order valence-corrected chi connectivity index (χ2v) is 16.1. The highest BCUT2D eigenvalue weighted by Crippen LogP contribution is 2.51. The molecular weight excluding hydrogens is 713 g/mol. The van der Waals surface area contributed by atoms with Gasteiger partial charge in [0.15, 0.2) is 0 Å². The molecule has 59 heavy (non-hydrogen) atoms. The van der Waals surface area contributed by atoms with Gasteiger partial charge in [-0.05, 0) is 104 Å². The Hall–Kier alpha value is -7.42. The Morgan fingerprint density at radius 2 is 0.915 bits per heavy atom. The van der Waals surface area contributed by atoms with Crippen LogP contribution in [0.3, 0.4) is 0 Å². The quantitative estimate of drug-likeness (QED) is 0.157. The smallest absolute Gasteiger partial charge is 0.0620 e. The van der Waals surface area contributed by atoms with Crippen molar-refractivity contribution in [2.45, 2.75) is 19.3 Å². The number of benzene rings is 9. The zero-order valence-electron chi connectivity index (χ0n) is 33.2. The molecule has 1 heterocycles. The maximum absolute atomic E-state index is 2.48. The summed E-state index contributed by atoms with van der Waals surface area (Å²) in [6.07, 6.45) is 0. The van der Waals surface area contributed by atoms with E-state index < -0.39 is 0 Å². The molecule has 0 saturated heterocycles. The van der Waals surface area contributed by atoms with Crippen LogP contribution in [0.2, 0.25) is 0 Å². The topological polar surface area (TPSA) is 8.17 Å². The number of rotatable bonds is 7. The summed E-state index contributed by atoms with van der Waals surface area (Å²) in [5, 5.41) is 3.67. The Morgan fingerprint density at radius 3 is 1.63 bits per heavy atom. The van der Waals surface area contributed by atoms with E-state index in [2.05, 4.69) is 242 Å². The van der Waals surface area contributed by atoms with Crippen LogP contribution in [0.1, 0.15) is 25.0 Å². The molecule has 0 saturated carbocycles. The highest BCUT2D eigenvalue weighted by atomic mass is 15.1. The first-order chi connectivity index (χ1) is 29.1. The van der Waals surface area contributed by atoms with Crippen molar-refractivity contribution in [2.75, 3.05) is 4.90 Å². The zero-order valence-corrected chi connectivity index (χ0v) is 33.2. The Balaban J connectivity index is 1.12. The molecule has 2 heteroatoms. The fourth-order valence-electron chi connectivity index (χ4n) is 9.63. The van der Waals surface area contributed by atoms with E-state index in [1.54, 1.807) is 0 Å². The van der Waals surface area contributed by atoms with Crippen molar-refractivity contribution >= 4 is 38.7 Å². The molecule has 1 aliphatic carbocycles. The van der Waals surface area contributed by atoms with Gasteiger partial charge >= 0.3 is 0 Å². The van der Waals surface area contributed by atoms with Crippen molar-refractivity contribution in [1.82, 2.24) is 4.57 Å². The molecule has 2 nitrogen and oxygen atoms in total. The van der Waals surface area contributed by atoms with Gasteiger partial charge < -0.3 is 9.47 Å². The predicted molar refractivity (Wildman–Crippen MR) is 249 cm³/mol. The molecule has 0 bridgehead atoms. The SMILES string of the molecule is CC1(C)c2ccccc2-c2ccc(N(c3ccccc3)c3ccc(-c4cc5c(-c6ccccc6)c(-c6ccccc6)n(-c6ccccc6)c5c5ccccc45)cc3)cc21. The summed E-state index contributed by atoms with van der Waals surface area (Å²) in [5.74, 6) is 0. The van der Waals surface area contributed by atoms with Crippen molar-refractivity contribution < 1.29 is 0 Å². The fraction of sp³-hybridized carbons (Fsp3) is 0.0526. The van der Waals surface area contributed by atoms with Crippen molar-refractivity contribution in [3.05, 3.63) is 230 Å². The van der Waals surface area contributed by atoms with Crippen molar-refractivity contribution in [2.24, 2.45) is 0 Å². The average molecular weight is 755 g/mol. The third kappa shape index (κ3) is 5.63. The summed E-state index contributed by atoms with van der Waals surface area (Å²) < 4.78 is 2.48. The van der Waals surface area contributed by atoms with Crippen LogP contribution in [0.5, 0.6) is 0 Å². The lowest BCUT2D eigenvalue weighted by atomic mass is 9.82. The van der Waals surface area contributed by atoms with Gasteiger partial charge in [0, 0.05) is 44.5 Å². The molecule has 0 atom stereocenters. The van der Waals surface area contributed by atoms with Crippen molar-refractivity contribution in [3.63, 3.8) is 0 Å². The van der Waals surface area contributed by atoms with Crippen LogP contribution in [0.4, 0.5) is 17.1 Å². The number of anilines is 3. The van der Waals surface area contributed by atoms with E-state index in [-0.39, 0.29) is 5.41 Å². The monoisotopic (exact) mass is 754 g/mol. The molecule has 11 rings (SSSR count). The van der Waals surface area contributed by atoms with Crippen LogP contribution in [-0.4, -0.2) is 4.57 Å². The summed E-state index contributed by atoms with van der Waals surface area (Å²) in [4.78, 5) is 2.39. The molecular formula is C57H42N2. The number of hydrogen-bond donors (Lipinski definition) is 0. The minimum atomic E-state index is -0.0910. The predicted octanol–water partition coefficient (Wildman–Crippen LogP) is 15.6. The summed E-state index contributed by atoms with van der Waals surface area (Å²) in [6, 6.07) is 79.7. The van der Waals surface area contributed by atoms with Crippen LogP contribution in [0, 0.1) is 0 Å². The first-order valence-electron chi connectivity index (χ1n) is 20.5. The van der Waals surface area contributed by atoms with Crippen LogP contribution >= 0.6 is 0 Å². The van der Waals surface area contributed by atoms with Crippen LogP contribution in [0.15, 0.2) is 218 Å². The third-order valence-electron chi connectivity index (χ3n) is 12.4. The summed E-state index contributed by atoms with van der Waals surface area (Å²) >= 11 is 0. The Morgan fingerprint density at radius 1 is 0.373 bits per heavy atom. The van der Waals surface area contributed by atoms with Gasteiger partial charge in [-0.25, -0.2) is 0 Å². The van der Waals surface area contributed by atoms with Gasteiger partial charge in [0.1, 0.15) is 0 Å². The minimum absolute atomic E-state index is 0.0910. The molecule has 1 aromatic heterocycles. The molecule has 0 spiro atoms. The first-order valence-corrected chi connectivity index (χ1v) is 20.5. The van der Waals surface area contributed by atoms with Gasteiger partial charge in [-0.15, -0.1) is 0 Å². The van der Waals surface area contributed by atoms with Crippen LogP contribution in [-0.2, 0) is 5.41 Å². The average Bonchev–Trinajstić information content (AvgIpc) is 3.77. The standard InChI is InChI=1S/C57H42N2/c1-57(2)52-30-18-17-28-47(52)48-36-35-45(37-53(48)57)58(42-23-11-5-12-24-42)44-33-31-39(32-34-44)50-38-51-54(40-19-7-3-8-20-40)55(41-21-9-4-10-22-41)59(43-25-13-6-14-26-43)56(51)49-29-16-15-27-46(49)50/h3-38H,1-2H3. The normalized spacial score (nSPS) is 12.7. The van der Waals surface area contributed by atoms with E-state index in [0.717, 1.165) is 22.7 Å². The molecule has 9 aromatic carbocycles. The molecule has 280 valence electrons. The van der Waals surface area contributed by atoms with E-state index in [1.165, 1.54) is 77.4 Å². The fourth-order valence-corrected chi connectivity index (χ4v) is 9.63. The third-order valence-corrected chi connectivity index (χ3v) is 12.4. The van der Waals surface area contributed by atoms with E-state index >= 15 is 0 Å². The number of para-hydroxylation sites is 2. The largest absolute Gasteiger partial charge is 0.310 e. The summed E-state index contributed by atoms with van der Waals surface area (Å²) in [5.41, 5.74) is 18.3. The number of hydrogen-bond acceptors (Lipinski definition) is 1. The Kier molecular flexibility index (Phi) is 8.20. The molecule has 0 unspecified atom stereocenters. The van der Waals surface area contributed by atoms with Crippen LogP contribution < -0.4 is 4.90 Å².